The molecule has 0 atom stereocenters. The van der Waals surface area contributed by atoms with Crippen molar-refractivity contribution >= 4 is 52.3 Å². The van der Waals surface area contributed by atoms with Gasteiger partial charge in [-0.3, -0.25) is 9.59 Å². The monoisotopic (exact) mass is 352 g/mol. The Kier molecular flexibility index (Phi) is 5.78. The number of esters is 2. The first-order chi connectivity index (χ1) is 9.56. The number of carbonyl (C=O) groups is 3. The minimum Gasteiger partial charge on any atom is -0.465 e. The number of hydrogen-bond acceptors (Lipinski definition) is 6. The van der Waals surface area contributed by atoms with Gasteiger partial charge in [0.1, 0.15) is 26.3 Å². The Labute approximate surface area is 136 Å². The van der Waals surface area contributed by atoms with Crippen LogP contribution in [0.5, 0.6) is 0 Å². The summed E-state index contributed by atoms with van der Waals surface area (Å²) in [5.74, 6) is -2.13. The molecular formula is C13H14Cl2O5S. The second kappa shape index (κ2) is 6.77. The largest absolute Gasteiger partial charge is 0.465 e. The Morgan fingerprint density at radius 2 is 1.62 bits per heavy atom. The number of halogens is 2. The third-order valence-electron chi connectivity index (χ3n) is 2.22. The molecule has 1 aromatic heterocycles. The zero-order chi connectivity index (χ0) is 16.4. The summed E-state index contributed by atoms with van der Waals surface area (Å²) < 4.78 is 9.69. The number of ether oxygens (including phenoxy) is 2. The van der Waals surface area contributed by atoms with Gasteiger partial charge in [-0.2, -0.15) is 0 Å². The number of methoxy groups -OCH3 is 1. The first-order valence-electron chi connectivity index (χ1n) is 5.88. The third kappa shape index (κ3) is 4.69. The van der Waals surface area contributed by atoms with Crippen LogP contribution in [0.15, 0.2) is 0 Å². The van der Waals surface area contributed by atoms with Crippen LogP contribution in [-0.4, -0.2) is 30.4 Å². The van der Waals surface area contributed by atoms with Gasteiger partial charge in [0, 0.05) is 0 Å². The van der Waals surface area contributed by atoms with Gasteiger partial charge in [0.2, 0.25) is 0 Å². The van der Waals surface area contributed by atoms with Crippen LogP contribution < -0.4 is 0 Å². The lowest BCUT2D eigenvalue weighted by Gasteiger charge is -2.19. The minimum absolute atomic E-state index is 0.0361. The van der Waals surface area contributed by atoms with E-state index >= 15 is 0 Å². The SMILES string of the molecule is COC(=O)c1c(Cl)sc(Cl)c1C(=O)CC(=O)OC(C)(C)C. The van der Waals surface area contributed by atoms with Gasteiger partial charge in [-0.05, 0) is 20.8 Å². The highest BCUT2D eigenvalue weighted by Gasteiger charge is 2.29. The van der Waals surface area contributed by atoms with Crippen molar-refractivity contribution in [2.45, 2.75) is 32.8 Å². The molecule has 0 unspecified atom stereocenters. The fourth-order valence-corrected chi connectivity index (χ4v) is 3.22. The summed E-state index contributed by atoms with van der Waals surface area (Å²) >= 11 is 12.7. The quantitative estimate of drug-likeness (QED) is 0.468. The zero-order valence-electron chi connectivity index (χ0n) is 11.9. The molecule has 0 fully saturated rings. The van der Waals surface area contributed by atoms with Gasteiger partial charge in [-0.25, -0.2) is 4.79 Å². The fourth-order valence-electron chi connectivity index (χ4n) is 1.51. The molecular weight excluding hydrogens is 339 g/mol. The first-order valence-corrected chi connectivity index (χ1v) is 7.45. The first kappa shape index (κ1) is 17.9. The number of hydrogen-bond donors (Lipinski definition) is 0. The van der Waals surface area contributed by atoms with Crippen molar-refractivity contribution in [3.8, 4) is 0 Å². The molecule has 0 aliphatic carbocycles. The number of ketones is 1. The van der Waals surface area contributed by atoms with E-state index in [1.165, 1.54) is 0 Å². The molecule has 5 nitrogen and oxygen atoms in total. The molecule has 1 rings (SSSR count). The maximum absolute atomic E-state index is 12.2. The van der Waals surface area contributed by atoms with E-state index in [4.69, 9.17) is 27.9 Å². The summed E-state index contributed by atoms with van der Waals surface area (Å²) in [5.41, 5.74) is -0.939. The van der Waals surface area contributed by atoms with Crippen LogP contribution in [0.2, 0.25) is 8.67 Å². The highest BCUT2D eigenvalue weighted by atomic mass is 35.5. The van der Waals surface area contributed by atoms with E-state index in [2.05, 4.69) is 4.74 Å². The van der Waals surface area contributed by atoms with Crippen LogP contribution in [0.1, 0.15) is 47.9 Å². The van der Waals surface area contributed by atoms with Crippen LogP contribution in [0.4, 0.5) is 0 Å². The number of Topliss-reactive ketones (excluding diaryl/α,β-unsaturated/α-hetero) is 1. The van der Waals surface area contributed by atoms with E-state index in [0.29, 0.717) is 0 Å². The Morgan fingerprint density at radius 3 is 2.10 bits per heavy atom. The summed E-state index contributed by atoms with van der Waals surface area (Å²) in [6, 6.07) is 0. The summed E-state index contributed by atoms with van der Waals surface area (Å²) in [6.07, 6.45) is -0.534. The molecule has 0 aliphatic heterocycles. The Hall–Kier alpha value is -1.11. The van der Waals surface area contributed by atoms with Crippen LogP contribution in [0.25, 0.3) is 0 Å². The molecule has 0 amide bonds. The molecule has 116 valence electrons. The van der Waals surface area contributed by atoms with Gasteiger partial charge in [0.05, 0.1) is 12.7 Å². The molecule has 0 aliphatic rings. The molecule has 0 bridgehead atoms. The molecule has 0 spiro atoms. The predicted molar refractivity (Wildman–Crippen MR) is 80.5 cm³/mol. The van der Waals surface area contributed by atoms with Crippen molar-refractivity contribution in [1.29, 1.82) is 0 Å². The smallest absolute Gasteiger partial charge is 0.341 e. The Bertz CT molecular complexity index is 586. The van der Waals surface area contributed by atoms with Crippen LogP contribution in [-0.2, 0) is 14.3 Å². The average Bonchev–Trinajstić information content (AvgIpc) is 2.60. The molecule has 1 heterocycles. The molecule has 0 radical (unpaired) electrons. The lowest BCUT2D eigenvalue weighted by Crippen LogP contribution is -2.25. The van der Waals surface area contributed by atoms with Crippen molar-refractivity contribution in [2.24, 2.45) is 0 Å². The van der Waals surface area contributed by atoms with Crippen LogP contribution in [0.3, 0.4) is 0 Å². The maximum Gasteiger partial charge on any atom is 0.341 e. The summed E-state index contributed by atoms with van der Waals surface area (Å²) in [7, 11) is 1.16. The predicted octanol–water partition coefficient (Wildman–Crippen LogP) is 3.76. The Balaban J connectivity index is 3.03. The van der Waals surface area contributed by atoms with E-state index in [0.717, 1.165) is 18.4 Å². The second-order valence-electron chi connectivity index (χ2n) is 5.08. The van der Waals surface area contributed by atoms with Crippen LogP contribution >= 0.6 is 34.5 Å². The van der Waals surface area contributed by atoms with E-state index in [1.807, 2.05) is 0 Å². The van der Waals surface area contributed by atoms with Gasteiger partial charge < -0.3 is 9.47 Å². The Morgan fingerprint density at radius 1 is 1.10 bits per heavy atom. The molecule has 0 aromatic carbocycles. The topological polar surface area (TPSA) is 69.7 Å². The maximum atomic E-state index is 12.2. The molecule has 8 heteroatoms. The van der Waals surface area contributed by atoms with E-state index in [-0.39, 0.29) is 19.8 Å². The number of carbonyl (C=O) groups excluding carboxylic acids is 3. The van der Waals surface area contributed by atoms with Gasteiger partial charge in [0.25, 0.3) is 0 Å². The van der Waals surface area contributed by atoms with Crippen molar-refractivity contribution in [3.63, 3.8) is 0 Å². The lowest BCUT2D eigenvalue weighted by molar-refractivity contribution is -0.153. The summed E-state index contributed by atoms with van der Waals surface area (Å²) in [4.78, 5) is 35.5. The number of rotatable bonds is 4. The van der Waals surface area contributed by atoms with Crippen LogP contribution in [0, 0.1) is 0 Å². The number of thiophene rings is 1. The average molecular weight is 353 g/mol. The third-order valence-corrected chi connectivity index (χ3v) is 3.82. The van der Waals surface area contributed by atoms with Gasteiger partial charge >= 0.3 is 11.9 Å². The van der Waals surface area contributed by atoms with Crippen molar-refractivity contribution in [1.82, 2.24) is 0 Å². The zero-order valence-corrected chi connectivity index (χ0v) is 14.2. The van der Waals surface area contributed by atoms with E-state index in [9.17, 15) is 14.4 Å². The molecule has 0 saturated carbocycles. The van der Waals surface area contributed by atoms with E-state index < -0.39 is 29.7 Å². The molecule has 0 saturated heterocycles. The minimum atomic E-state index is -0.782. The highest BCUT2D eigenvalue weighted by Crippen LogP contribution is 2.37. The molecule has 1 aromatic rings. The van der Waals surface area contributed by atoms with Gasteiger partial charge in [-0.15, -0.1) is 11.3 Å². The highest BCUT2D eigenvalue weighted by molar-refractivity contribution is 7.20. The summed E-state index contributed by atoms with van der Waals surface area (Å²) in [6.45, 7) is 5.05. The lowest BCUT2D eigenvalue weighted by atomic mass is 10.1. The second-order valence-corrected chi connectivity index (χ2v) is 7.30. The van der Waals surface area contributed by atoms with Crippen molar-refractivity contribution in [2.75, 3.05) is 7.11 Å². The van der Waals surface area contributed by atoms with E-state index in [1.54, 1.807) is 20.8 Å². The van der Waals surface area contributed by atoms with Crippen molar-refractivity contribution in [3.05, 3.63) is 19.8 Å². The van der Waals surface area contributed by atoms with Gasteiger partial charge in [0.15, 0.2) is 5.78 Å². The molecule has 0 N–H and O–H groups in total. The van der Waals surface area contributed by atoms with Gasteiger partial charge in [-0.1, -0.05) is 23.2 Å². The molecule has 21 heavy (non-hydrogen) atoms. The fraction of sp³-hybridized carbons (Fsp3) is 0.462. The normalized spacial score (nSPS) is 11.1. The summed E-state index contributed by atoms with van der Waals surface area (Å²) in [5, 5.41) is 0. The standard InChI is InChI=1S/C13H14Cl2O5S/c1-13(2,3)20-7(17)5-6(16)8-9(12(18)19-4)11(15)21-10(8)14/h5H2,1-4H3. The van der Waals surface area contributed by atoms with Crippen molar-refractivity contribution < 1.29 is 23.9 Å².